The molecule has 0 atom stereocenters. The van der Waals surface area contributed by atoms with E-state index in [9.17, 15) is 0 Å². The van der Waals surface area contributed by atoms with Gasteiger partial charge in [-0.3, -0.25) is 5.41 Å². The summed E-state index contributed by atoms with van der Waals surface area (Å²) in [6, 6.07) is 5.93. The number of fused-ring (bicyclic) bond motifs is 1. The molecular formula is C20H23ClN4O. The maximum atomic E-state index is 8.63. The first-order chi connectivity index (χ1) is 12.6. The molecule has 2 heterocycles. The Labute approximate surface area is 158 Å². The molecule has 2 aromatic rings. The van der Waals surface area contributed by atoms with Crippen molar-refractivity contribution < 1.29 is 4.74 Å². The topological polar surface area (TPSA) is 61.2 Å². The standard InChI is InChI=1S/C20H23ClN4O/c1-13-9-14(21)11-15(10-13)24-20-17-4-2-3-16(17)18(12-23-20)19(22)25-5-7-26-8-6-25/h9-12,22H,2-8H2,1H3,(H,23,24). The lowest BCUT2D eigenvalue weighted by Crippen LogP contribution is -2.41. The Hall–Kier alpha value is -2.11. The van der Waals surface area contributed by atoms with Crippen molar-refractivity contribution >= 4 is 28.9 Å². The highest BCUT2D eigenvalue weighted by Crippen LogP contribution is 2.33. The number of halogens is 1. The lowest BCUT2D eigenvalue weighted by Gasteiger charge is -2.30. The van der Waals surface area contributed by atoms with Crippen molar-refractivity contribution in [1.29, 1.82) is 5.41 Å². The number of anilines is 2. The van der Waals surface area contributed by atoms with Crippen LogP contribution < -0.4 is 5.32 Å². The molecule has 2 aliphatic rings. The monoisotopic (exact) mass is 370 g/mol. The van der Waals surface area contributed by atoms with Crippen LogP contribution in [0.5, 0.6) is 0 Å². The number of morpholine rings is 1. The van der Waals surface area contributed by atoms with E-state index in [0.29, 0.717) is 19.0 Å². The van der Waals surface area contributed by atoms with Gasteiger partial charge in [-0.25, -0.2) is 4.98 Å². The first-order valence-corrected chi connectivity index (χ1v) is 9.46. The molecule has 4 rings (SSSR count). The van der Waals surface area contributed by atoms with E-state index < -0.39 is 0 Å². The second-order valence-corrected chi connectivity index (χ2v) is 7.36. The highest BCUT2D eigenvalue weighted by Gasteiger charge is 2.25. The van der Waals surface area contributed by atoms with Crippen molar-refractivity contribution in [1.82, 2.24) is 9.88 Å². The smallest absolute Gasteiger partial charge is 0.133 e. The summed E-state index contributed by atoms with van der Waals surface area (Å²) in [5.41, 5.74) is 5.53. The average Bonchev–Trinajstić information content (AvgIpc) is 3.11. The molecule has 6 heteroatoms. The fraction of sp³-hybridized carbons (Fsp3) is 0.400. The number of nitrogens with zero attached hydrogens (tertiary/aromatic N) is 2. The van der Waals surface area contributed by atoms with Gasteiger partial charge in [0.25, 0.3) is 0 Å². The van der Waals surface area contributed by atoms with E-state index >= 15 is 0 Å². The molecule has 1 aliphatic carbocycles. The molecule has 5 nitrogen and oxygen atoms in total. The number of amidine groups is 1. The van der Waals surface area contributed by atoms with Gasteiger partial charge < -0.3 is 15.0 Å². The van der Waals surface area contributed by atoms with Crippen molar-refractivity contribution in [2.24, 2.45) is 0 Å². The Morgan fingerprint density at radius 1 is 1.19 bits per heavy atom. The SMILES string of the molecule is Cc1cc(Cl)cc(Nc2ncc(C(=N)N3CCOCC3)c3c2CCC3)c1. The molecule has 1 aromatic carbocycles. The van der Waals surface area contributed by atoms with E-state index in [1.807, 2.05) is 25.3 Å². The molecule has 0 radical (unpaired) electrons. The summed E-state index contributed by atoms with van der Waals surface area (Å²) in [7, 11) is 0. The van der Waals surface area contributed by atoms with Gasteiger partial charge in [-0.05, 0) is 61.1 Å². The normalized spacial score (nSPS) is 16.5. The van der Waals surface area contributed by atoms with E-state index in [-0.39, 0.29) is 0 Å². The summed E-state index contributed by atoms with van der Waals surface area (Å²) >= 11 is 6.18. The van der Waals surface area contributed by atoms with Crippen molar-refractivity contribution in [3.05, 3.63) is 51.7 Å². The first-order valence-electron chi connectivity index (χ1n) is 9.08. The number of hydrogen-bond acceptors (Lipinski definition) is 4. The Morgan fingerprint density at radius 3 is 2.73 bits per heavy atom. The Kier molecular flexibility index (Phi) is 4.83. The molecule has 0 unspecified atom stereocenters. The van der Waals surface area contributed by atoms with Crippen LogP contribution in [0.3, 0.4) is 0 Å². The molecule has 26 heavy (non-hydrogen) atoms. The number of benzene rings is 1. The van der Waals surface area contributed by atoms with Gasteiger partial charge in [0.2, 0.25) is 0 Å². The molecule has 2 N–H and O–H groups in total. The lowest BCUT2D eigenvalue weighted by molar-refractivity contribution is 0.0679. The minimum atomic E-state index is 0.573. The van der Waals surface area contributed by atoms with Crippen LogP contribution in [0.2, 0.25) is 5.02 Å². The quantitative estimate of drug-likeness (QED) is 0.634. The van der Waals surface area contributed by atoms with Crippen LogP contribution in [0, 0.1) is 12.3 Å². The minimum Gasteiger partial charge on any atom is -0.378 e. The summed E-state index contributed by atoms with van der Waals surface area (Å²) in [6.45, 7) is 4.95. The fourth-order valence-electron chi connectivity index (χ4n) is 3.80. The molecule has 1 aliphatic heterocycles. The first kappa shape index (κ1) is 17.3. The van der Waals surface area contributed by atoms with Crippen LogP contribution in [-0.2, 0) is 17.6 Å². The van der Waals surface area contributed by atoms with Gasteiger partial charge in [0, 0.05) is 35.6 Å². The van der Waals surface area contributed by atoms with E-state index in [4.69, 9.17) is 21.7 Å². The van der Waals surface area contributed by atoms with Gasteiger partial charge >= 0.3 is 0 Å². The van der Waals surface area contributed by atoms with Crippen LogP contribution in [-0.4, -0.2) is 42.0 Å². The molecule has 136 valence electrons. The minimum absolute atomic E-state index is 0.573. The molecule has 0 amide bonds. The third-order valence-corrected chi connectivity index (χ3v) is 5.26. The number of aryl methyl sites for hydroxylation is 1. The van der Waals surface area contributed by atoms with Crippen molar-refractivity contribution in [3.63, 3.8) is 0 Å². The maximum Gasteiger partial charge on any atom is 0.133 e. The second kappa shape index (κ2) is 7.25. The zero-order chi connectivity index (χ0) is 18.1. The fourth-order valence-corrected chi connectivity index (χ4v) is 4.09. The molecule has 1 saturated heterocycles. The molecule has 0 saturated carbocycles. The van der Waals surface area contributed by atoms with Gasteiger partial charge in [0.15, 0.2) is 0 Å². The highest BCUT2D eigenvalue weighted by atomic mass is 35.5. The van der Waals surface area contributed by atoms with Crippen LogP contribution in [0.4, 0.5) is 11.5 Å². The lowest BCUT2D eigenvalue weighted by atomic mass is 10.0. The zero-order valence-corrected chi connectivity index (χ0v) is 15.7. The zero-order valence-electron chi connectivity index (χ0n) is 14.9. The van der Waals surface area contributed by atoms with E-state index in [0.717, 1.165) is 60.0 Å². The predicted molar refractivity (Wildman–Crippen MR) is 105 cm³/mol. The van der Waals surface area contributed by atoms with Gasteiger partial charge in [-0.1, -0.05) is 11.6 Å². The highest BCUT2D eigenvalue weighted by molar-refractivity contribution is 6.30. The summed E-state index contributed by atoms with van der Waals surface area (Å²) in [5, 5.41) is 12.8. The largest absolute Gasteiger partial charge is 0.378 e. The Balaban J connectivity index is 1.64. The van der Waals surface area contributed by atoms with Crippen molar-refractivity contribution in [3.8, 4) is 0 Å². The second-order valence-electron chi connectivity index (χ2n) is 6.92. The number of pyridine rings is 1. The van der Waals surface area contributed by atoms with Crippen LogP contribution in [0.1, 0.15) is 28.7 Å². The van der Waals surface area contributed by atoms with Gasteiger partial charge in [0.05, 0.1) is 13.2 Å². The maximum absolute atomic E-state index is 8.63. The van der Waals surface area contributed by atoms with Crippen molar-refractivity contribution in [2.75, 3.05) is 31.6 Å². The molecule has 1 fully saturated rings. The molecule has 1 aromatic heterocycles. The summed E-state index contributed by atoms with van der Waals surface area (Å²) in [5.74, 6) is 1.46. The number of rotatable bonds is 3. The molecular weight excluding hydrogens is 348 g/mol. The number of aromatic nitrogens is 1. The Morgan fingerprint density at radius 2 is 1.96 bits per heavy atom. The number of hydrogen-bond donors (Lipinski definition) is 2. The van der Waals surface area contributed by atoms with Crippen LogP contribution >= 0.6 is 11.6 Å². The number of ether oxygens (including phenoxy) is 1. The van der Waals surface area contributed by atoms with Crippen molar-refractivity contribution in [2.45, 2.75) is 26.2 Å². The Bertz CT molecular complexity index is 826. The average molecular weight is 371 g/mol. The summed E-state index contributed by atoms with van der Waals surface area (Å²) in [6.07, 6.45) is 4.95. The van der Waals surface area contributed by atoms with E-state index in [1.165, 1.54) is 11.1 Å². The molecule has 0 spiro atoms. The summed E-state index contributed by atoms with van der Waals surface area (Å²) in [4.78, 5) is 6.76. The summed E-state index contributed by atoms with van der Waals surface area (Å²) < 4.78 is 5.41. The number of nitrogens with one attached hydrogen (secondary N) is 2. The molecule has 0 bridgehead atoms. The van der Waals surface area contributed by atoms with E-state index in [1.54, 1.807) is 0 Å². The predicted octanol–water partition coefficient (Wildman–Crippen LogP) is 3.93. The van der Waals surface area contributed by atoms with E-state index in [2.05, 4.69) is 21.3 Å². The van der Waals surface area contributed by atoms with Gasteiger partial charge in [-0.15, -0.1) is 0 Å². The van der Waals surface area contributed by atoms with Crippen LogP contribution in [0.15, 0.2) is 24.4 Å². The van der Waals surface area contributed by atoms with Gasteiger partial charge in [-0.2, -0.15) is 0 Å². The van der Waals surface area contributed by atoms with Crippen LogP contribution in [0.25, 0.3) is 0 Å². The van der Waals surface area contributed by atoms with Gasteiger partial charge in [0.1, 0.15) is 11.7 Å². The third kappa shape index (κ3) is 3.41. The third-order valence-electron chi connectivity index (χ3n) is 5.04.